The van der Waals surface area contributed by atoms with Crippen molar-refractivity contribution in [2.45, 2.75) is 25.4 Å². The largest absolute Gasteiger partial charge is 0.508 e. The lowest BCUT2D eigenvalue weighted by Crippen LogP contribution is -2.43. The molecule has 346 valence electrons. The third-order valence-corrected chi connectivity index (χ3v) is 13.7. The minimum absolute atomic E-state index is 0.101. The number of benzene rings is 6. The number of anilines is 4. The van der Waals surface area contributed by atoms with Crippen molar-refractivity contribution in [3.05, 3.63) is 168 Å². The SMILES string of the molecule is CN(C)c1ccc(N=Nc2ccc(N3C(=O)C4CC=C5C(CC6C(=O)N(c7ccc(N=Nc8ccc(N(C)C)cc8)cc7)C(=O)C6C5c5ccc(OCc6ccccc6)cc5O)C4C3=O)cc2)cc1. The van der Waals surface area contributed by atoms with Crippen molar-refractivity contribution in [1.82, 2.24) is 0 Å². The number of nitrogens with zero attached hydrogens (tertiary/aromatic N) is 8. The number of phenols is 1. The van der Waals surface area contributed by atoms with Crippen LogP contribution in [-0.4, -0.2) is 56.9 Å². The fourth-order valence-corrected chi connectivity index (χ4v) is 10.3. The molecular weight excluding hydrogens is 869 g/mol. The van der Waals surface area contributed by atoms with Crippen molar-refractivity contribution in [3.63, 3.8) is 0 Å². The molecule has 0 spiro atoms. The maximum absolute atomic E-state index is 14.9. The average molecular weight is 919 g/mol. The van der Waals surface area contributed by atoms with Crippen LogP contribution in [0.1, 0.15) is 29.9 Å². The van der Waals surface area contributed by atoms with Crippen LogP contribution >= 0.6 is 0 Å². The minimum atomic E-state index is -0.890. The standard InChI is InChI=1S/C55H50N8O6/c1-60(2)38-18-10-34(11-19-38)56-58-36-14-22-40(23-15-36)62-52(65)45-29-28-43-46(50(45)54(62)67)31-47-51(49(43)44-27-26-42(30-48(44)64)69-32-33-8-6-5-7-9-33)55(68)63(53(47)66)41-24-16-37(17-25-41)59-57-35-12-20-39(21-13-35)61(3)4/h5-28,30,45-47,49-51,64H,29,31-32H2,1-4H3. The maximum Gasteiger partial charge on any atom is 0.238 e. The smallest absolute Gasteiger partial charge is 0.238 e. The Balaban J connectivity index is 0.938. The summed E-state index contributed by atoms with van der Waals surface area (Å²) in [7, 11) is 7.85. The van der Waals surface area contributed by atoms with Gasteiger partial charge >= 0.3 is 0 Å². The molecule has 0 radical (unpaired) electrons. The Hall–Kier alpha value is -8.26. The van der Waals surface area contributed by atoms with E-state index in [0.29, 0.717) is 45.4 Å². The normalized spacial score (nSPS) is 21.9. The summed E-state index contributed by atoms with van der Waals surface area (Å²) in [5, 5.41) is 29.3. The summed E-state index contributed by atoms with van der Waals surface area (Å²) in [6.07, 6.45) is 2.39. The molecule has 0 aromatic heterocycles. The second kappa shape index (κ2) is 18.4. The number of hydrogen-bond acceptors (Lipinski definition) is 12. The molecule has 2 heterocycles. The molecule has 6 unspecified atom stereocenters. The van der Waals surface area contributed by atoms with Gasteiger partial charge < -0.3 is 19.6 Å². The van der Waals surface area contributed by atoms with Crippen LogP contribution in [0.15, 0.2) is 178 Å². The number of rotatable bonds is 12. The molecule has 2 aliphatic carbocycles. The molecule has 14 nitrogen and oxygen atoms in total. The summed E-state index contributed by atoms with van der Waals surface area (Å²) in [6, 6.07) is 43.6. The van der Waals surface area contributed by atoms with Gasteiger partial charge in [0, 0.05) is 57.1 Å². The summed E-state index contributed by atoms with van der Waals surface area (Å²) in [5.74, 6) is -5.71. The van der Waals surface area contributed by atoms with Crippen molar-refractivity contribution in [3.8, 4) is 11.5 Å². The summed E-state index contributed by atoms with van der Waals surface area (Å²) < 4.78 is 6.06. The fourth-order valence-electron chi connectivity index (χ4n) is 10.3. The zero-order chi connectivity index (χ0) is 47.9. The Morgan fingerprint density at radius 2 is 1.03 bits per heavy atom. The van der Waals surface area contributed by atoms with Crippen molar-refractivity contribution in [1.29, 1.82) is 0 Å². The zero-order valence-corrected chi connectivity index (χ0v) is 38.6. The lowest BCUT2D eigenvalue weighted by Gasteiger charge is -2.44. The molecule has 1 N–H and O–H groups in total. The van der Waals surface area contributed by atoms with Crippen molar-refractivity contribution < 1.29 is 29.0 Å². The van der Waals surface area contributed by atoms with Gasteiger partial charge in [-0.15, -0.1) is 0 Å². The van der Waals surface area contributed by atoms with Gasteiger partial charge in [0.05, 0.1) is 57.8 Å². The lowest BCUT2D eigenvalue weighted by atomic mass is 9.57. The summed E-state index contributed by atoms with van der Waals surface area (Å²) in [5.41, 5.74) is 7.45. The van der Waals surface area contributed by atoms with Crippen molar-refractivity contribution in [2.75, 3.05) is 47.8 Å². The highest BCUT2D eigenvalue weighted by Gasteiger charge is 2.62. The minimum Gasteiger partial charge on any atom is -0.508 e. The van der Waals surface area contributed by atoms with E-state index in [1.165, 1.54) is 15.9 Å². The highest BCUT2D eigenvalue weighted by molar-refractivity contribution is 6.24. The van der Waals surface area contributed by atoms with Crippen LogP contribution in [0.5, 0.6) is 11.5 Å². The summed E-state index contributed by atoms with van der Waals surface area (Å²) >= 11 is 0. The number of aromatic hydroxyl groups is 1. The Bertz CT molecular complexity index is 3030. The number of fused-ring (bicyclic) bond motifs is 4. The van der Waals surface area contributed by atoms with Crippen LogP contribution in [0.4, 0.5) is 45.5 Å². The fraction of sp³-hybridized carbons (Fsp3) is 0.236. The average Bonchev–Trinajstić information content (AvgIpc) is 3.77. The Labute approximate surface area is 399 Å². The molecule has 3 fully saturated rings. The topological polar surface area (TPSA) is 160 Å². The second-order valence-corrected chi connectivity index (χ2v) is 18.3. The highest BCUT2D eigenvalue weighted by atomic mass is 16.5. The van der Waals surface area contributed by atoms with Gasteiger partial charge in [-0.3, -0.25) is 29.0 Å². The number of carbonyl (C=O) groups excluding carboxylic acids is 4. The molecule has 0 bridgehead atoms. The van der Waals surface area contributed by atoms with E-state index in [2.05, 4.69) is 20.5 Å². The number of azo groups is 2. The highest BCUT2D eigenvalue weighted by Crippen LogP contribution is 2.59. The van der Waals surface area contributed by atoms with Crippen LogP contribution in [0.3, 0.4) is 0 Å². The molecule has 6 aromatic carbocycles. The van der Waals surface area contributed by atoms with Crippen LogP contribution in [0.2, 0.25) is 0 Å². The van der Waals surface area contributed by atoms with Gasteiger partial charge in [-0.2, -0.15) is 20.5 Å². The third kappa shape index (κ3) is 8.54. The van der Waals surface area contributed by atoms with E-state index in [-0.39, 0.29) is 37.0 Å². The molecule has 2 saturated heterocycles. The van der Waals surface area contributed by atoms with Gasteiger partial charge in [0.25, 0.3) is 0 Å². The van der Waals surface area contributed by atoms with E-state index in [1.807, 2.05) is 123 Å². The number of phenolic OH excluding ortho intramolecular Hbond substituents is 1. The van der Waals surface area contributed by atoms with Gasteiger partial charge in [-0.05, 0) is 127 Å². The first-order valence-corrected chi connectivity index (χ1v) is 23.0. The van der Waals surface area contributed by atoms with Gasteiger partial charge in [0.2, 0.25) is 23.6 Å². The molecule has 2 aliphatic heterocycles. The van der Waals surface area contributed by atoms with Crippen molar-refractivity contribution >= 4 is 69.1 Å². The van der Waals surface area contributed by atoms with Crippen LogP contribution < -0.4 is 24.3 Å². The van der Waals surface area contributed by atoms with E-state index in [4.69, 9.17) is 4.74 Å². The first-order chi connectivity index (χ1) is 33.4. The van der Waals surface area contributed by atoms with Gasteiger partial charge in [-0.1, -0.05) is 48.0 Å². The third-order valence-electron chi connectivity index (χ3n) is 13.7. The number of imide groups is 2. The number of amides is 4. The van der Waals surface area contributed by atoms with Gasteiger partial charge in [-0.25, -0.2) is 0 Å². The Kier molecular flexibility index (Phi) is 11.9. The van der Waals surface area contributed by atoms with Crippen LogP contribution in [0.25, 0.3) is 0 Å². The quantitative estimate of drug-likeness (QED) is 0.0721. The molecular formula is C55H50N8O6. The van der Waals surface area contributed by atoms with E-state index < -0.39 is 47.3 Å². The molecule has 4 amide bonds. The summed E-state index contributed by atoms with van der Waals surface area (Å²) in [4.78, 5) is 65.1. The van der Waals surface area contributed by atoms with Crippen molar-refractivity contribution in [2.24, 2.45) is 50.0 Å². The predicted molar refractivity (Wildman–Crippen MR) is 264 cm³/mol. The van der Waals surface area contributed by atoms with Crippen LogP contribution in [0, 0.1) is 29.6 Å². The molecule has 69 heavy (non-hydrogen) atoms. The van der Waals surface area contributed by atoms with E-state index >= 15 is 0 Å². The lowest BCUT2D eigenvalue weighted by molar-refractivity contribution is -0.126. The summed E-state index contributed by atoms with van der Waals surface area (Å²) in [6.45, 7) is 0.279. The molecule has 4 aliphatic rings. The molecule has 1 saturated carbocycles. The first kappa shape index (κ1) is 44.6. The van der Waals surface area contributed by atoms with Gasteiger partial charge in [0.1, 0.15) is 18.1 Å². The Morgan fingerprint density at radius 3 is 1.52 bits per heavy atom. The molecule has 14 heteroatoms. The molecule has 6 aromatic rings. The number of hydrogen-bond donors (Lipinski definition) is 1. The second-order valence-electron chi connectivity index (χ2n) is 18.3. The number of ether oxygens (including phenoxy) is 1. The van der Waals surface area contributed by atoms with Gasteiger partial charge in [0.15, 0.2) is 0 Å². The first-order valence-electron chi connectivity index (χ1n) is 23.0. The van der Waals surface area contributed by atoms with E-state index in [9.17, 15) is 24.3 Å². The van der Waals surface area contributed by atoms with E-state index in [1.54, 1.807) is 60.7 Å². The molecule has 6 atom stereocenters. The zero-order valence-electron chi connectivity index (χ0n) is 38.6. The monoisotopic (exact) mass is 918 g/mol. The van der Waals surface area contributed by atoms with Crippen LogP contribution in [-0.2, 0) is 25.8 Å². The number of allylic oxidation sites excluding steroid dienone is 2. The number of carbonyl (C=O) groups is 4. The van der Waals surface area contributed by atoms with E-state index in [0.717, 1.165) is 22.5 Å². The maximum atomic E-state index is 14.9. The predicted octanol–water partition coefficient (Wildman–Crippen LogP) is 11.0. The Morgan fingerprint density at radius 1 is 0.551 bits per heavy atom. The molecule has 10 rings (SSSR count).